The van der Waals surface area contributed by atoms with E-state index in [0.29, 0.717) is 11.4 Å². The van der Waals surface area contributed by atoms with Crippen molar-refractivity contribution in [2.75, 3.05) is 31.9 Å². The monoisotopic (exact) mass is 1320 g/mol. The quantitative estimate of drug-likeness (QED) is 0.109. The zero-order valence-electron chi connectivity index (χ0n) is 61.4. The van der Waals surface area contributed by atoms with Crippen LogP contribution < -0.4 is 48.3 Å². The highest BCUT2D eigenvalue weighted by Crippen LogP contribution is 2.56. The highest BCUT2D eigenvalue weighted by Gasteiger charge is 2.47. The van der Waals surface area contributed by atoms with E-state index in [9.17, 15) is 0 Å². The highest BCUT2D eigenvalue weighted by atomic mass is 15.2. The Morgan fingerprint density at radius 3 is 1.60 bits per heavy atom. The molecule has 0 fully saturated rings. The van der Waals surface area contributed by atoms with Crippen molar-refractivity contribution in [1.82, 2.24) is 4.57 Å². The summed E-state index contributed by atoms with van der Waals surface area (Å²) in [5.41, 5.74) is 59.7. The van der Waals surface area contributed by atoms with Crippen LogP contribution >= 0.6 is 0 Å². The molecule has 0 spiro atoms. The standard InChI is InChI=1S/C93H92BN7/c1-54-24-17-20-29-77(54)101(93(15)40-21-16-22-41-93)65-35-37-73-81(53-65)99(87-55(2)42-62(49-74(87)95)91(9,10)11)82-45-59(66-27-23-28-68-69(66)44-58-31-30-57-43-56-25-18-19-26-67(56)84(57)85(58)68)46-83-86(82)94(73)72-36-34-64(52-80(72)100(83)88-75(96)50-63(51-76(88)97)92(12,13)14)98-78-38-32-60(89(3,4)5)47-70(78)71-48-61(90(6,7)8)33-39-79(71)98/h16-40,42,45-53H,41,43-44,95-97H2,1-15H3. The van der Waals surface area contributed by atoms with Crippen LogP contribution in [0.25, 0.3) is 60.9 Å². The normalized spacial score (nSPS) is 15.8. The molecule has 101 heavy (non-hydrogen) atoms. The van der Waals surface area contributed by atoms with Crippen molar-refractivity contribution in [2.45, 2.75) is 150 Å². The van der Waals surface area contributed by atoms with Crippen LogP contribution in [0.5, 0.6) is 0 Å². The van der Waals surface area contributed by atoms with E-state index in [1.807, 2.05) is 0 Å². The first-order valence-electron chi connectivity index (χ1n) is 36.4. The van der Waals surface area contributed by atoms with Crippen molar-refractivity contribution in [1.29, 1.82) is 0 Å². The fraction of sp³-hybridized carbons (Fsp3) is 0.247. The predicted molar refractivity (Wildman–Crippen MR) is 434 cm³/mol. The molecule has 17 rings (SSSR count). The number of hydrogen-bond donors (Lipinski definition) is 3. The minimum absolute atomic E-state index is 0.0615. The van der Waals surface area contributed by atoms with Crippen LogP contribution in [0.3, 0.4) is 0 Å². The van der Waals surface area contributed by atoms with Crippen LogP contribution in [-0.4, -0.2) is 16.8 Å². The zero-order chi connectivity index (χ0) is 70.5. The van der Waals surface area contributed by atoms with Crippen molar-refractivity contribution in [3.63, 3.8) is 0 Å². The van der Waals surface area contributed by atoms with Gasteiger partial charge in [-0.1, -0.05) is 211 Å². The van der Waals surface area contributed by atoms with Crippen LogP contribution in [0, 0.1) is 13.8 Å². The molecule has 6 N–H and O–H groups in total. The van der Waals surface area contributed by atoms with Crippen LogP contribution in [-0.2, 0) is 34.5 Å². The van der Waals surface area contributed by atoms with Crippen LogP contribution in [0.15, 0.2) is 212 Å². The van der Waals surface area contributed by atoms with E-state index >= 15 is 0 Å². The fourth-order valence-electron chi connectivity index (χ4n) is 17.6. The Kier molecular flexibility index (Phi) is 14.1. The summed E-state index contributed by atoms with van der Waals surface area (Å²) in [6.45, 7) is 34.0. The number of aromatic nitrogens is 1. The fourth-order valence-corrected chi connectivity index (χ4v) is 17.6. The minimum atomic E-state index is -0.407. The molecule has 5 aliphatic rings. The van der Waals surface area contributed by atoms with Gasteiger partial charge in [0.05, 0.1) is 45.0 Å². The van der Waals surface area contributed by atoms with Gasteiger partial charge in [-0.2, -0.15) is 0 Å². The van der Waals surface area contributed by atoms with E-state index in [-0.39, 0.29) is 28.4 Å². The summed E-state index contributed by atoms with van der Waals surface area (Å²) in [5.74, 6) is 0. The second-order valence-electron chi connectivity index (χ2n) is 34.0. The lowest BCUT2D eigenvalue weighted by molar-refractivity contribution is 0.569. The first kappa shape index (κ1) is 64.0. The molecule has 0 saturated carbocycles. The molecule has 8 heteroatoms. The van der Waals surface area contributed by atoms with Crippen molar-refractivity contribution < 1.29 is 0 Å². The van der Waals surface area contributed by atoms with Gasteiger partial charge in [-0.25, -0.2) is 0 Å². The van der Waals surface area contributed by atoms with Crippen molar-refractivity contribution in [3.8, 4) is 39.1 Å². The summed E-state index contributed by atoms with van der Waals surface area (Å²) in [6, 6.07) is 72.5. The predicted octanol–water partition coefficient (Wildman–Crippen LogP) is 21.6. The van der Waals surface area contributed by atoms with E-state index in [2.05, 4.69) is 335 Å². The van der Waals surface area contributed by atoms with Crippen LogP contribution in [0.2, 0.25) is 0 Å². The zero-order valence-corrected chi connectivity index (χ0v) is 61.4. The van der Waals surface area contributed by atoms with Gasteiger partial charge in [-0.05, 0) is 252 Å². The number of nitrogen functional groups attached to an aromatic ring is 3. The molecule has 3 heterocycles. The molecule has 1 unspecified atom stereocenters. The largest absolute Gasteiger partial charge is 0.397 e. The van der Waals surface area contributed by atoms with E-state index in [1.165, 1.54) is 88.6 Å². The molecule has 12 aromatic rings. The number of anilines is 11. The Labute approximate surface area is 597 Å². The molecule has 0 amide bonds. The molecule has 1 atom stereocenters. The Morgan fingerprint density at radius 1 is 0.446 bits per heavy atom. The number of hydrogen-bond acceptors (Lipinski definition) is 6. The lowest BCUT2D eigenvalue weighted by Crippen LogP contribution is -2.61. The SMILES string of the molecule is Cc1ccccc1N(c1ccc2c(c1)N(c1c(C)cc(C(C)(C)C)cc1N)c1cc(-c3cccc4c3Cc3ccc5c(c3-4)-c3ccccc3C5)cc3c1B2c1ccc(-n2c4ccc(C(C)(C)C)cc4c4cc(C(C)(C)C)ccc42)cc1N3c1c(N)cc(C(C)(C)C)cc1N)C1(C)C=CC=CC1. The van der Waals surface area contributed by atoms with Crippen LogP contribution in [0.1, 0.15) is 152 Å². The minimum Gasteiger partial charge on any atom is -0.397 e. The molecular formula is C93H92BN7. The number of aryl methyl sites for hydroxylation is 2. The smallest absolute Gasteiger partial charge is 0.252 e. The highest BCUT2D eigenvalue weighted by molar-refractivity contribution is 7.00. The molecule has 7 nitrogen and oxygen atoms in total. The first-order valence-corrected chi connectivity index (χ1v) is 36.4. The van der Waals surface area contributed by atoms with Gasteiger partial charge in [0.15, 0.2) is 0 Å². The van der Waals surface area contributed by atoms with Crippen molar-refractivity contribution in [2.24, 2.45) is 0 Å². The third kappa shape index (κ3) is 9.96. The summed E-state index contributed by atoms with van der Waals surface area (Å²) in [4.78, 5) is 7.58. The van der Waals surface area contributed by atoms with Gasteiger partial charge >= 0.3 is 0 Å². The Morgan fingerprint density at radius 2 is 0.990 bits per heavy atom. The molecule has 1 aromatic heterocycles. The van der Waals surface area contributed by atoms with E-state index in [1.54, 1.807) is 0 Å². The second kappa shape index (κ2) is 22.3. The number of para-hydroxylation sites is 1. The van der Waals surface area contributed by atoms with Gasteiger partial charge in [0.1, 0.15) is 0 Å². The number of allylic oxidation sites excluding steroid dienone is 2. The van der Waals surface area contributed by atoms with Crippen molar-refractivity contribution >= 4 is 107 Å². The maximum Gasteiger partial charge on any atom is 0.252 e. The van der Waals surface area contributed by atoms with Gasteiger partial charge < -0.3 is 36.5 Å². The first-order chi connectivity index (χ1) is 48.0. The molecule has 0 radical (unpaired) electrons. The maximum atomic E-state index is 7.85. The van der Waals surface area contributed by atoms with E-state index in [4.69, 9.17) is 17.2 Å². The number of nitrogens with two attached hydrogens (primary N) is 3. The summed E-state index contributed by atoms with van der Waals surface area (Å²) >= 11 is 0. The topological polar surface area (TPSA) is 92.7 Å². The molecule has 0 bridgehead atoms. The van der Waals surface area contributed by atoms with Gasteiger partial charge in [-0.3, -0.25) is 0 Å². The average molecular weight is 1320 g/mol. The van der Waals surface area contributed by atoms with Gasteiger partial charge in [0.25, 0.3) is 6.71 Å². The van der Waals surface area contributed by atoms with Gasteiger partial charge in [0.2, 0.25) is 0 Å². The third-order valence-corrected chi connectivity index (χ3v) is 23.0. The summed E-state index contributed by atoms with van der Waals surface area (Å²) < 4.78 is 2.50. The molecule has 502 valence electrons. The third-order valence-electron chi connectivity index (χ3n) is 23.0. The molecule has 3 aliphatic carbocycles. The van der Waals surface area contributed by atoms with Crippen molar-refractivity contribution in [3.05, 3.63) is 268 Å². The number of fused-ring (bicyclic) bond motifs is 14. The summed E-state index contributed by atoms with van der Waals surface area (Å²) in [6.07, 6.45) is 11.6. The Bertz CT molecular complexity index is 5490. The maximum absolute atomic E-state index is 7.85. The Hall–Kier alpha value is -10.4. The molecule has 11 aromatic carbocycles. The van der Waals surface area contributed by atoms with Gasteiger partial charge in [-0.15, -0.1) is 0 Å². The van der Waals surface area contributed by atoms with Crippen LogP contribution in [0.4, 0.5) is 62.6 Å². The lowest BCUT2D eigenvalue weighted by atomic mass is 9.33. The lowest BCUT2D eigenvalue weighted by Gasteiger charge is -2.47. The average Bonchev–Trinajstić information content (AvgIpc) is 1.20. The van der Waals surface area contributed by atoms with E-state index < -0.39 is 5.54 Å². The number of rotatable bonds is 7. The molecule has 2 aliphatic heterocycles. The number of benzene rings is 11. The molecule has 0 saturated heterocycles. The summed E-state index contributed by atoms with van der Waals surface area (Å²) in [7, 11) is 0. The Balaban J connectivity index is 1.00. The molecular weight excluding hydrogens is 1230 g/mol. The second-order valence-corrected chi connectivity index (χ2v) is 34.0. The van der Waals surface area contributed by atoms with Gasteiger partial charge in [0, 0.05) is 50.6 Å². The number of nitrogens with zero attached hydrogens (tertiary/aromatic N) is 4. The summed E-state index contributed by atoms with van der Waals surface area (Å²) in [5, 5.41) is 2.47. The van der Waals surface area contributed by atoms with E-state index in [0.717, 1.165) is 115 Å².